The molecule has 0 heterocycles. The van der Waals surface area contributed by atoms with Crippen LogP contribution in [0.1, 0.15) is 31.9 Å². The Morgan fingerprint density at radius 2 is 1.76 bits per heavy atom. The number of nitrogens with zero attached hydrogens (tertiary/aromatic N) is 1. The van der Waals surface area contributed by atoms with Gasteiger partial charge in [-0.1, -0.05) is 45.0 Å². The molecular formula is C14H22N2O. The van der Waals surface area contributed by atoms with E-state index in [0.29, 0.717) is 6.54 Å². The molecule has 1 rings (SSSR count). The van der Waals surface area contributed by atoms with Crippen LogP contribution in [0.4, 0.5) is 4.79 Å². The van der Waals surface area contributed by atoms with Gasteiger partial charge in [-0.3, -0.25) is 0 Å². The van der Waals surface area contributed by atoms with Crippen molar-refractivity contribution in [3.8, 4) is 0 Å². The SMILES string of the molecule is CN(CCc1ccc(C(C)(C)C)cc1)C(N)=O. The fraction of sp³-hybridized carbons (Fsp3) is 0.500. The number of urea groups is 1. The van der Waals surface area contributed by atoms with Gasteiger partial charge >= 0.3 is 6.03 Å². The van der Waals surface area contributed by atoms with Gasteiger partial charge in [0.1, 0.15) is 0 Å². The quantitative estimate of drug-likeness (QED) is 0.858. The number of carbonyl (C=O) groups is 1. The Bertz CT molecular complexity index is 376. The van der Waals surface area contributed by atoms with Gasteiger partial charge in [0, 0.05) is 13.6 Å². The maximum Gasteiger partial charge on any atom is 0.314 e. The van der Waals surface area contributed by atoms with Crippen molar-refractivity contribution >= 4 is 6.03 Å². The largest absolute Gasteiger partial charge is 0.351 e. The molecule has 0 radical (unpaired) electrons. The first kappa shape index (κ1) is 13.6. The third-order valence-corrected chi connectivity index (χ3v) is 2.93. The number of hydrogen-bond acceptors (Lipinski definition) is 1. The Kier molecular flexibility index (Phi) is 4.16. The molecular weight excluding hydrogens is 212 g/mol. The summed E-state index contributed by atoms with van der Waals surface area (Å²) in [5.41, 5.74) is 7.90. The maximum atomic E-state index is 10.9. The summed E-state index contributed by atoms with van der Waals surface area (Å²) in [6.07, 6.45) is 0.837. The van der Waals surface area contributed by atoms with Gasteiger partial charge in [-0.05, 0) is 23.0 Å². The third-order valence-electron chi connectivity index (χ3n) is 2.93. The van der Waals surface area contributed by atoms with Gasteiger partial charge in [-0.15, -0.1) is 0 Å². The number of primary amides is 1. The number of benzene rings is 1. The van der Waals surface area contributed by atoms with Crippen molar-refractivity contribution in [1.29, 1.82) is 0 Å². The first-order valence-electron chi connectivity index (χ1n) is 5.90. The highest BCUT2D eigenvalue weighted by Gasteiger charge is 2.12. The number of nitrogens with two attached hydrogens (primary N) is 1. The Morgan fingerprint density at radius 1 is 1.24 bits per heavy atom. The van der Waals surface area contributed by atoms with E-state index in [1.165, 1.54) is 16.0 Å². The average Bonchev–Trinajstić information content (AvgIpc) is 2.25. The van der Waals surface area contributed by atoms with Crippen LogP contribution in [0.5, 0.6) is 0 Å². The van der Waals surface area contributed by atoms with E-state index in [9.17, 15) is 4.79 Å². The number of amides is 2. The molecule has 0 aliphatic rings. The van der Waals surface area contributed by atoms with Crippen LogP contribution in [-0.4, -0.2) is 24.5 Å². The van der Waals surface area contributed by atoms with Crippen LogP contribution < -0.4 is 5.73 Å². The molecule has 17 heavy (non-hydrogen) atoms. The monoisotopic (exact) mass is 234 g/mol. The summed E-state index contributed by atoms with van der Waals surface area (Å²) in [4.78, 5) is 12.4. The molecule has 0 spiro atoms. The summed E-state index contributed by atoms with van der Waals surface area (Å²) < 4.78 is 0. The molecule has 94 valence electrons. The second-order valence-corrected chi connectivity index (χ2v) is 5.46. The lowest BCUT2D eigenvalue weighted by atomic mass is 9.86. The van der Waals surface area contributed by atoms with Gasteiger partial charge in [0.25, 0.3) is 0 Å². The molecule has 0 unspecified atom stereocenters. The van der Waals surface area contributed by atoms with E-state index < -0.39 is 0 Å². The van der Waals surface area contributed by atoms with Crippen LogP contribution in [0.25, 0.3) is 0 Å². The van der Waals surface area contributed by atoms with Crippen LogP contribution in [-0.2, 0) is 11.8 Å². The lowest BCUT2D eigenvalue weighted by Crippen LogP contribution is -2.33. The zero-order chi connectivity index (χ0) is 13.1. The van der Waals surface area contributed by atoms with Crippen LogP contribution in [0.15, 0.2) is 24.3 Å². The van der Waals surface area contributed by atoms with Crippen molar-refractivity contribution in [1.82, 2.24) is 4.90 Å². The van der Waals surface area contributed by atoms with Gasteiger partial charge in [-0.25, -0.2) is 4.79 Å². The molecule has 0 saturated heterocycles. The van der Waals surface area contributed by atoms with E-state index in [1.807, 2.05) is 0 Å². The summed E-state index contributed by atoms with van der Waals surface area (Å²) in [7, 11) is 1.71. The van der Waals surface area contributed by atoms with E-state index >= 15 is 0 Å². The Labute approximate surface area is 104 Å². The minimum Gasteiger partial charge on any atom is -0.351 e. The molecule has 1 aromatic carbocycles. The van der Waals surface area contributed by atoms with E-state index in [4.69, 9.17) is 5.73 Å². The molecule has 0 atom stereocenters. The lowest BCUT2D eigenvalue weighted by molar-refractivity contribution is 0.219. The summed E-state index contributed by atoms with van der Waals surface area (Å²) >= 11 is 0. The van der Waals surface area contributed by atoms with E-state index in [1.54, 1.807) is 7.05 Å². The highest BCUT2D eigenvalue weighted by Crippen LogP contribution is 2.22. The van der Waals surface area contributed by atoms with Crippen molar-refractivity contribution in [2.45, 2.75) is 32.6 Å². The number of rotatable bonds is 3. The smallest absolute Gasteiger partial charge is 0.314 e. The minimum atomic E-state index is -0.378. The predicted molar refractivity (Wildman–Crippen MR) is 71.1 cm³/mol. The Morgan fingerprint density at radius 3 is 2.18 bits per heavy atom. The summed E-state index contributed by atoms with van der Waals surface area (Å²) in [6, 6.07) is 8.17. The predicted octanol–water partition coefficient (Wildman–Crippen LogP) is 2.54. The second-order valence-electron chi connectivity index (χ2n) is 5.46. The Balaban J connectivity index is 2.60. The highest BCUT2D eigenvalue weighted by atomic mass is 16.2. The standard InChI is InChI=1S/C14H22N2O/c1-14(2,3)12-7-5-11(6-8-12)9-10-16(4)13(15)17/h5-8H,9-10H2,1-4H3,(H2,15,17). The molecule has 0 fully saturated rings. The highest BCUT2D eigenvalue weighted by molar-refractivity contribution is 5.71. The Hall–Kier alpha value is -1.51. The molecule has 0 aromatic heterocycles. The third kappa shape index (κ3) is 4.10. The number of likely N-dealkylation sites (N-methyl/N-ethyl adjacent to an activating group) is 1. The molecule has 3 nitrogen and oxygen atoms in total. The van der Waals surface area contributed by atoms with Gasteiger partial charge < -0.3 is 10.6 Å². The van der Waals surface area contributed by atoms with E-state index in [-0.39, 0.29) is 11.4 Å². The van der Waals surface area contributed by atoms with Gasteiger partial charge in [-0.2, -0.15) is 0 Å². The first-order chi connectivity index (χ1) is 7.80. The first-order valence-corrected chi connectivity index (χ1v) is 5.90. The lowest BCUT2D eigenvalue weighted by Gasteiger charge is -2.19. The zero-order valence-electron chi connectivity index (χ0n) is 11.2. The topological polar surface area (TPSA) is 46.3 Å². The summed E-state index contributed by atoms with van der Waals surface area (Å²) in [5.74, 6) is 0. The normalized spacial score (nSPS) is 11.3. The molecule has 0 saturated carbocycles. The molecule has 2 N–H and O–H groups in total. The second kappa shape index (κ2) is 5.21. The van der Waals surface area contributed by atoms with Crippen molar-refractivity contribution in [2.24, 2.45) is 5.73 Å². The van der Waals surface area contributed by atoms with Gasteiger partial charge in [0.15, 0.2) is 0 Å². The molecule has 0 bridgehead atoms. The fourth-order valence-corrected chi connectivity index (χ4v) is 1.58. The molecule has 1 aromatic rings. The number of carbonyl (C=O) groups excluding carboxylic acids is 1. The minimum absolute atomic E-state index is 0.183. The number of hydrogen-bond donors (Lipinski definition) is 1. The van der Waals surface area contributed by atoms with E-state index in [2.05, 4.69) is 45.0 Å². The van der Waals surface area contributed by atoms with E-state index in [0.717, 1.165) is 6.42 Å². The van der Waals surface area contributed by atoms with Gasteiger partial charge in [0.05, 0.1) is 0 Å². The molecule has 3 heteroatoms. The van der Waals surface area contributed by atoms with Crippen molar-refractivity contribution in [3.63, 3.8) is 0 Å². The summed E-state index contributed by atoms with van der Waals surface area (Å²) in [6.45, 7) is 7.25. The van der Waals surface area contributed by atoms with Crippen molar-refractivity contribution in [2.75, 3.05) is 13.6 Å². The summed E-state index contributed by atoms with van der Waals surface area (Å²) in [5, 5.41) is 0. The van der Waals surface area contributed by atoms with Crippen LogP contribution in [0.3, 0.4) is 0 Å². The van der Waals surface area contributed by atoms with Crippen molar-refractivity contribution < 1.29 is 4.79 Å². The van der Waals surface area contributed by atoms with Crippen LogP contribution >= 0.6 is 0 Å². The van der Waals surface area contributed by atoms with Crippen molar-refractivity contribution in [3.05, 3.63) is 35.4 Å². The van der Waals surface area contributed by atoms with Crippen LogP contribution in [0, 0.1) is 0 Å². The van der Waals surface area contributed by atoms with Gasteiger partial charge in [0.2, 0.25) is 0 Å². The van der Waals surface area contributed by atoms with Crippen LogP contribution in [0.2, 0.25) is 0 Å². The fourth-order valence-electron chi connectivity index (χ4n) is 1.58. The molecule has 2 amide bonds. The maximum absolute atomic E-state index is 10.9. The average molecular weight is 234 g/mol. The zero-order valence-corrected chi connectivity index (χ0v) is 11.2. The molecule has 0 aliphatic carbocycles. The molecule has 0 aliphatic heterocycles.